The minimum absolute atomic E-state index is 0.00962. The van der Waals surface area contributed by atoms with Gasteiger partial charge in [0.25, 0.3) is 26.0 Å². The summed E-state index contributed by atoms with van der Waals surface area (Å²) in [4.78, 5) is 110. The number of aliphatic carboxylic acids is 1. The van der Waals surface area contributed by atoms with Crippen LogP contribution in [-0.2, 0) is 38.9 Å². The molecule has 1 aliphatic heterocycles. The highest BCUT2D eigenvalue weighted by molar-refractivity contribution is 7.90. The van der Waals surface area contributed by atoms with Gasteiger partial charge in [0, 0.05) is 39.2 Å². The molecule has 2 atom stereocenters. The number of carboxylic acid groups (broad SMARTS) is 2. The second-order valence-corrected chi connectivity index (χ2v) is 25.2. The number of nitrogens with zero attached hydrogens (tertiary/aromatic N) is 7. The highest BCUT2D eigenvalue weighted by Gasteiger charge is 2.41. The maximum atomic E-state index is 14.3. The summed E-state index contributed by atoms with van der Waals surface area (Å²) in [5, 5.41) is 20.7. The van der Waals surface area contributed by atoms with Gasteiger partial charge < -0.3 is 54.2 Å². The number of pyridine rings is 1. The summed E-state index contributed by atoms with van der Waals surface area (Å²) in [6, 6.07) is 7.42. The number of benzene rings is 2. The van der Waals surface area contributed by atoms with Crippen LogP contribution >= 0.6 is 19.0 Å². The van der Waals surface area contributed by atoms with Crippen molar-refractivity contribution in [1.29, 1.82) is 0 Å². The van der Waals surface area contributed by atoms with E-state index < -0.39 is 128 Å². The molecule has 9 N–H and O–H groups in total. The lowest BCUT2D eigenvalue weighted by Gasteiger charge is -2.18. The number of carboxylic acids is 2. The van der Waals surface area contributed by atoms with Crippen molar-refractivity contribution < 1.29 is 120 Å². The molecule has 3 aromatic heterocycles. The fourth-order valence-corrected chi connectivity index (χ4v) is 10.4. The molecule has 0 radical (unpaired) electrons. The molecule has 1 saturated carbocycles. The molecule has 33 nitrogen and oxygen atoms in total. The van der Waals surface area contributed by atoms with Crippen LogP contribution in [0.1, 0.15) is 66.7 Å². The van der Waals surface area contributed by atoms with Crippen molar-refractivity contribution in [2.45, 2.75) is 81.2 Å². The highest BCUT2D eigenvalue weighted by Crippen LogP contribution is 2.38. The summed E-state index contributed by atoms with van der Waals surface area (Å²) in [6.45, 7) is -2.36. The molecule has 4 heterocycles. The van der Waals surface area contributed by atoms with Gasteiger partial charge in [0.05, 0.1) is 54.3 Å². The molecule has 506 valence electrons. The van der Waals surface area contributed by atoms with E-state index in [1.54, 1.807) is 23.9 Å². The molecular formula is C51H57ClF5N12O21PS2. The number of nitrogens with one attached hydrogen (secondary N) is 4. The molecule has 0 spiro atoms. The number of cyclic esters (lactones) is 1. The summed E-state index contributed by atoms with van der Waals surface area (Å²) >= 11 is 6.04. The molecule has 2 fully saturated rings. The number of rotatable bonds is 21. The van der Waals surface area contributed by atoms with Crippen LogP contribution in [0.15, 0.2) is 88.1 Å². The van der Waals surface area contributed by atoms with E-state index in [2.05, 4.69) is 39.7 Å². The standard InChI is InChI=1S/C17H17ClFNO4.C15H18N6O6S.C14H10F4N4O7S.C5H12NO4P/c1-9(2)15-16(21)20(17(22)24-15)13-8-14(11(18)7-12(13)19)23-10-5-3-4-6-10;1-21(2)13(22)9-6-5-7-16-12(9)28(24,25)20-15(23)19-14-17-10(26-3)8-11(18-14)27-4;15-11(16)28-8-5-9(29-12(17)18)20-13(19-8)21-14(25)22-30(26,27)7-4-2-1-3-6(7)10(23)24;1-11(9,10)3-2-4(6)5(7)8/h7-8,10H,3-6H2,1-2H3;5-8H,1-4H3,(H2,17,18,19,20,23);1-5,11-12H,(H,23,24)(H2,19,20,21,22,25);4H,2-3,6H2,1H3,(H,7,8)(H,9,10). The summed E-state index contributed by atoms with van der Waals surface area (Å²) < 4.78 is 155. The van der Waals surface area contributed by atoms with Crippen LogP contribution in [0.3, 0.4) is 0 Å². The lowest BCUT2D eigenvalue weighted by molar-refractivity contribution is -0.138. The van der Waals surface area contributed by atoms with Gasteiger partial charge in [0.15, 0.2) is 18.2 Å². The topological polar surface area (TPSA) is 466 Å². The third kappa shape index (κ3) is 23.2. The Labute approximate surface area is 529 Å². The third-order valence-electron chi connectivity index (χ3n) is 11.4. The van der Waals surface area contributed by atoms with E-state index in [1.807, 2.05) is 0 Å². The maximum absolute atomic E-state index is 14.3. The molecule has 7 amide bonds. The number of amides is 7. The van der Waals surface area contributed by atoms with Gasteiger partial charge in [-0.3, -0.25) is 29.6 Å². The minimum Gasteiger partial charge on any atom is -0.489 e. The van der Waals surface area contributed by atoms with Crippen molar-refractivity contribution in [1.82, 2.24) is 39.3 Å². The van der Waals surface area contributed by atoms with Crippen LogP contribution in [0.25, 0.3) is 0 Å². The number of urea groups is 2. The lowest BCUT2D eigenvalue weighted by Crippen LogP contribution is -2.36. The lowest BCUT2D eigenvalue weighted by atomic mass is 10.2. The van der Waals surface area contributed by atoms with E-state index in [0.717, 1.165) is 43.9 Å². The first-order valence-corrected chi connectivity index (χ1v) is 31.6. The molecular weight excluding hydrogens is 1340 g/mol. The van der Waals surface area contributed by atoms with Crippen molar-refractivity contribution in [3.63, 3.8) is 0 Å². The van der Waals surface area contributed by atoms with Gasteiger partial charge in [-0.2, -0.15) is 45.9 Å². The quantitative estimate of drug-likeness (QED) is 0.0228. The number of hydrogen-bond acceptors (Lipinski definition) is 24. The number of sulfonamides is 2. The Hall–Kier alpha value is -9.63. The second kappa shape index (κ2) is 33.6. The molecule has 1 saturated heterocycles. The monoisotopic (exact) mass is 1400 g/mol. The predicted molar refractivity (Wildman–Crippen MR) is 312 cm³/mol. The number of carbonyl (C=O) groups excluding carboxylic acids is 5. The van der Waals surface area contributed by atoms with Gasteiger partial charge in [0.2, 0.25) is 35.4 Å². The van der Waals surface area contributed by atoms with Crippen molar-refractivity contribution in [3.8, 4) is 29.3 Å². The van der Waals surface area contributed by atoms with Crippen LogP contribution in [-0.4, -0.2) is 170 Å². The van der Waals surface area contributed by atoms with E-state index in [9.17, 15) is 76.9 Å². The number of imide groups is 1. The number of aromatic nitrogens is 5. The van der Waals surface area contributed by atoms with Gasteiger partial charge in [-0.05, 0) is 81.9 Å². The first-order valence-electron chi connectivity index (χ1n) is 26.0. The Balaban J connectivity index is 0.000000276. The zero-order valence-electron chi connectivity index (χ0n) is 49.3. The van der Waals surface area contributed by atoms with E-state index in [-0.39, 0.29) is 64.2 Å². The Morgan fingerprint density at radius 2 is 1.31 bits per heavy atom. The number of nitrogens with two attached hydrogens (primary N) is 1. The van der Waals surface area contributed by atoms with E-state index in [0.29, 0.717) is 16.5 Å². The number of carbonyl (C=O) groups is 7. The van der Waals surface area contributed by atoms with Crippen LogP contribution in [0.5, 0.6) is 29.3 Å². The number of aromatic carboxylic acids is 1. The maximum Gasteiger partial charge on any atom is 0.427 e. The number of alkyl halides is 4. The first kappa shape index (κ1) is 75.8. The SMILES string of the molecule is CC(C)=C1OC(=O)N(c2cc(OC3CCCC3)c(Cl)cc2F)C1=O.COc1cc(OC)nc(NC(=O)NS(=O)(=O)c2ncccc2C(=O)N(C)C)n1.CP(=O)(O)CCC(N)C(=O)O.O=C(Nc1nc(OC(F)F)cc(OC(F)F)n1)NS(=O)(=O)c1ccccc1C(=O)O. The molecule has 2 unspecified atom stereocenters. The molecule has 1 aliphatic carbocycles. The molecule has 7 rings (SSSR count). The number of allylic oxidation sites excluding steroid dienone is 1. The fourth-order valence-electron chi connectivity index (χ4n) is 7.27. The second-order valence-electron chi connectivity index (χ2n) is 19.0. The summed E-state index contributed by atoms with van der Waals surface area (Å²) in [5.74, 6) is -7.58. The van der Waals surface area contributed by atoms with Gasteiger partial charge in [0.1, 0.15) is 22.5 Å². The Kier molecular flexibility index (Phi) is 27.4. The molecule has 2 aromatic carbocycles. The average Bonchev–Trinajstić information content (AvgIpc) is 1.70. The predicted octanol–water partition coefficient (Wildman–Crippen LogP) is 6.26. The molecule has 5 aromatic rings. The van der Waals surface area contributed by atoms with Gasteiger partial charge in [-0.15, -0.1) is 0 Å². The average molecular weight is 1400 g/mol. The van der Waals surface area contributed by atoms with Gasteiger partial charge in [-0.25, -0.2) is 51.3 Å². The Morgan fingerprint density at radius 3 is 1.78 bits per heavy atom. The largest absolute Gasteiger partial charge is 0.489 e. The van der Waals surface area contributed by atoms with Gasteiger partial charge >= 0.3 is 49.2 Å². The number of hydrogen-bond donors (Lipinski definition) is 8. The van der Waals surface area contributed by atoms with E-state index >= 15 is 0 Å². The van der Waals surface area contributed by atoms with Crippen molar-refractivity contribution in [3.05, 3.63) is 100 Å². The Morgan fingerprint density at radius 1 is 0.806 bits per heavy atom. The van der Waals surface area contributed by atoms with Crippen molar-refractivity contribution >= 4 is 98.5 Å². The normalized spacial score (nSPS) is 13.8. The first-order chi connectivity index (χ1) is 43.4. The third-order valence-corrected chi connectivity index (χ3v) is 15.5. The zero-order valence-corrected chi connectivity index (χ0v) is 52.6. The molecule has 0 bridgehead atoms. The molecule has 2 aliphatic rings. The minimum atomic E-state index is -4.71. The van der Waals surface area contributed by atoms with Crippen LogP contribution in [0.2, 0.25) is 5.02 Å². The van der Waals surface area contributed by atoms with Gasteiger partial charge in [-0.1, -0.05) is 23.7 Å². The van der Waals surface area contributed by atoms with Crippen molar-refractivity contribution in [2.24, 2.45) is 5.73 Å². The smallest absolute Gasteiger partial charge is 0.427 e. The summed E-state index contributed by atoms with van der Waals surface area (Å²) in [6.07, 6.45) is 4.19. The van der Waals surface area contributed by atoms with Crippen LogP contribution in [0.4, 0.5) is 53.9 Å². The van der Waals surface area contributed by atoms with Crippen LogP contribution in [0, 0.1) is 5.82 Å². The summed E-state index contributed by atoms with van der Waals surface area (Å²) in [7, 11) is -6.67. The van der Waals surface area contributed by atoms with Crippen molar-refractivity contribution in [2.75, 3.05) is 56.7 Å². The number of ether oxygens (including phenoxy) is 6. The van der Waals surface area contributed by atoms with E-state index in [1.165, 1.54) is 87.2 Å². The molecule has 42 heteroatoms. The zero-order chi connectivity index (χ0) is 69.9. The fraction of sp³-hybridized carbons (Fsp3) is 0.333. The highest BCUT2D eigenvalue weighted by atomic mass is 35.5. The number of halogens is 6. The Bertz CT molecular complexity index is 3860. The molecule has 93 heavy (non-hydrogen) atoms. The van der Waals surface area contributed by atoms with E-state index in [4.69, 9.17) is 51.4 Å². The van der Waals surface area contributed by atoms with Crippen LogP contribution < -0.4 is 54.4 Å². The summed E-state index contributed by atoms with van der Waals surface area (Å²) in [5.41, 5.74) is 4.57. The number of methoxy groups -OCH3 is 2. The number of anilines is 3.